The van der Waals surface area contributed by atoms with Gasteiger partial charge in [-0.3, -0.25) is 0 Å². The maximum absolute atomic E-state index is 3.73. The lowest BCUT2D eigenvalue weighted by Crippen LogP contribution is -2.44. The van der Waals surface area contributed by atoms with E-state index in [0.717, 1.165) is 6.54 Å². The molecule has 0 atom stereocenters. The highest BCUT2D eigenvalue weighted by atomic mass is 15.0. The van der Waals surface area contributed by atoms with Crippen LogP contribution in [0.25, 0.3) is 0 Å². The Bertz CT molecular complexity index is 139. The van der Waals surface area contributed by atoms with Crippen molar-refractivity contribution in [3.8, 4) is 0 Å². The van der Waals surface area contributed by atoms with Gasteiger partial charge in [-0.2, -0.15) is 0 Å². The maximum Gasteiger partial charge on any atom is 0.0153 e. The Labute approximate surface area is 88.8 Å². The van der Waals surface area contributed by atoms with Crippen LogP contribution in [0.5, 0.6) is 0 Å². The third-order valence-corrected chi connectivity index (χ3v) is 3.36. The Morgan fingerprint density at radius 1 is 1.00 bits per heavy atom. The average Bonchev–Trinajstić information content (AvgIpc) is 2.18. The van der Waals surface area contributed by atoms with E-state index in [-0.39, 0.29) is 0 Å². The number of hydrogen-bond acceptors (Lipinski definition) is 2. The quantitative estimate of drug-likeness (QED) is 0.640. The molecule has 14 heavy (non-hydrogen) atoms. The zero-order valence-corrected chi connectivity index (χ0v) is 9.86. The minimum Gasteiger partial charge on any atom is -0.320 e. The lowest BCUT2D eigenvalue weighted by atomic mass is 9.83. The van der Waals surface area contributed by atoms with Crippen molar-refractivity contribution in [2.45, 2.75) is 57.4 Å². The van der Waals surface area contributed by atoms with Crippen LogP contribution in [0.2, 0.25) is 0 Å². The predicted molar refractivity (Wildman–Crippen MR) is 62.7 cm³/mol. The molecule has 0 spiro atoms. The van der Waals surface area contributed by atoms with Gasteiger partial charge in [0.05, 0.1) is 0 Å². The summed E-state index contributed by atoms with van der Waals surface area (Å²) in [5.41, 5.74) is 0.456. The number of nitrogens with one attached hydrogen (secondary N) is 2. The summed E-state index contributed by atoms with van der Waals surface area (Å²) in [6, 6.07) is 0. The highest BCUT2D eigenvalue weighted by Crippen LogP contribution is 2.27. The largest absolute Gasteiger partial charge is 0.320 e. The summed E-state index contributed by atoms with van der Waals surface area (Å²) in [5.74, 6) is 0. The molecule has 1 fully saturated rings. The van der Waals surface area contributed by atoms with Crippen LogP contribution in [0, 0.1) is 0 Å². The van der Waals surface area contributed by atoms with E-state index >= 15 is 0 Å². The lowest BCUT2D eigenvalue weighted by Gasteiger charge is -2.34. The van der Waals surface area contributed by atoms with Crippen LogP contribution in [0.1, 0.15) is 51.9 Å². The fraction of sp³-hybridized carbons (Fsp3) is 1.00. The van der Waals surface area contributed by atoms with Gasteiger partial charge >= 0.3 is 0 Å². The van der Waals surface area contributed by atoms with E-state index in [4.69, 9.17) is 0 Å². The second-order valence-corrected chi connectivity index (χ2v) is 4.86. The van der Waals surface area contributed by atoms with Gasteiger partial charge in [0.1, 0.15) is 0 Å². The van der Waals surface area contributed by atoms with Crippen molar-refractivity contribution in [1.82, 2.24) is 10.6 Å². The molecule has 0 heterocycles. The smallest absolute Gasteiger partial charge is 0.0153 e. The summed E-state index contributed by atoms with van der Waals surface area (Å²) in [5, 5.41) is 6.92. The van der Waals surface area contributed by atoms with Gasteiger partial charge in [-0.15, -0.1) is 0 Å². The first kappa shape index (κ1) is 12.0. The fourth-order valence-electron chi connectivity index (χ4n) is 2.33. The van der Waals surface area contributed by atoms with Crippen LogP contribution in [-0.2, 0) is 0 Å². The highest BCUT2D eigenvalue weighted by molar-refractivity contribution is 4.85. The van der Waals surface area contributed by atoms with Crippen LogP contribution in [0.3, 0.4) is 0 Å². The van der Waals surface area contributed by atoms with E-state index in [1.165, 1.54) is 51.5 Å². The molecule has 84 valence electrons. The minimum absolute atomic E-state index is 0.456. The van der Waals surface area contributed by atoms with E-state index in [2.05, 4.69) is 17.6 Å². The number of unbranched alkanes of at least 4 members (excludes halogenated alkanes) is 1. The normalized spacial score (nSPS) is 21.0. The SMILES string of the molecule is CNCCCCNC1(C)CCCCC1. The predicted octanol–water partition coefficient (Wildman–Crippen LogP) is 2.30. The summed E-state index contributed by atoms with van der Waals surface area (Å²) in [4.78, 5) is 0. The molecule has 1 aliphatic carbocycles. The van der Waals surface area contributed by atoms with Crippen molar-refractivity contribution in [1.29, 1.82) is 0 Å². The summed E-state index contributed by atoms with van der Waals surface area (Å²) in [7, 11) is 2.02. The Morgan fingerprint density at radius 2 is 1.64 bits per heavy atom. The van der Waals surface area contributed by atoms with Gasteiger partial charge < -0.3 is 10.6 Å². The average molecular weight is 198 g/mol. The van der Waals surface area contributed by atoms with Crippen LogP contribution in [-0.4, -0.2) is 25.7 Å². The van der Waals surface area contributed by atoms with Crippen molar-refractivity contribution in [2.75, 3.05) is 20.1 Å². The monoisotopic (exact) mass is 198 g/mol. The molecular formula is C12H26N2. The Balaban J connectivity index is 2.03. The molecule has 2 N–H and O–H groups in total. The minimum atomic E-state index is 0.456. The molecule has 2 nitrogen and oxygen atoms in total. The lowest BCUT2D eigenvalue weighted by molar-refractivity contribution is 0.253. The molecule has 1 aliphatic rings. The summed E-state index contributed by atoms with van der Waals surface area (Å²) in [6.45, 7) is 4.74. The van der Waals surface area contributed by atoms with Gasteiger partial charge in [0, 0.05) is 5.54 Å². The van der Waals surface area contributed by atoms with E-state index in [1.54, 1.807) is 0 Å². The molecule has 0 amide bonds. The van der Waals surface area contributed by atoms with Gasteiger partial charge in [-0.25, -0.2) is 0 Å². The molecule has 1 saturated carbocycles. The first-order chi connectivity index (χ1) is 6.77. The summed E-state index contributed by atoms with van der Waals surface area (Å²) >= 11 is 0. The first-order valence-corrected chi connectivity index (χ1v) is 6.16. The first-order valence-electron chi connectivity index (χ1n) is 6.16. The van der Waals surface area contributed by atoms with Crippen molar-refractivity contribution >= 4 is 0 Å². The molecule has 2 heteroatoms. The van der Waals surface area contributed by atoms with E-state index in [1.807, 2.05) is 7.05 Å². The van der Waals surface area contributed by atoms with Crippen LogP contribution >= 0.6 is 0 Å². The molecule has 0 unspecified atom stereocenters. The molecule has 0 bridgehead atoms. The van der Waals surface area contributed by atoms with Crippen molar-refractivity contribution in [3.05, 3.63) is 0 Å². The third-order valence-electron chi connectivity index (χ3n) is 3.36. The summed E-state index contributed by atoms with van der Waals surface area (Å²) < 4.78 is 0. The van der Waals surface area contributed by atoms with Crippen molar-refractivity contribution in [2.24, 2.45) is 0 Å². The second kappa shape index (κ2) is 6.41. The molecule has 1 rings (SSSR count). The molecule has 0 radical (unpaired) electrons. The zero-order valence-electron chi connectivity index (χ0n) is 9.86. The van der Waals surface area contributed by atoms with E-state index in [0.29, 0.717) is 5.54 Å². The molecule has 0 aromatic carbocycles. The number of hydrogen-bond donors (Lipinski definition) is 2. The van der Waals surface area contributed by atoms with E-state index in [9.17, 15) is 0 Å². The Kier molecular flexibility index (Phi) is 5.49. The van der Waals surface area contributed by atoms with Gasteiger partial charge in [-0.1, -0.05) is 19.3 Å². The van der Waals surface area contributed by atoms with Crippen LogP contribution < -0.4 is 10.6 Å². The molecule has 0 aromatic rings. The maximum atomic E-state index is 3.73. The van der Waals surface area contributed by atoms with Gasteiger partial charge in [0.25, 0.3) is 0 Å². The van der Waals surface area contributed by atoms with Crippen molar-refractivity contribution in [3.63, 3.8) is 0 Å². The Hall–Kier alpha value is -0.0800. The Morgan fingerprint density at radius 3 is 2.29 bits per heavy atom. The van der Waals surface area contributed by atoms with Crippen LogP contribution in [0.4, 0.5) is 0 Å². The standard InChI is InChI=1S/C12H26N2/c1-12(8-4-3-5-9-12)14-11-7-6-10-13-2/h13-14H,3-11H2,1-2H3. The van der Waals surface area contributed by atoms with E-state index < -0.39 is 0 Å². The van der Waals surface area contributed by atoms with Crippen LogP contribution in [0.15, 0.2) is 0 Å². The van der Waals surface area contributed by atoms with Gasteiger partial charge in [0.2, 0.25) is 0 Å². The molecule has 0 saturated heterocycles. The molecule has 0 aromatic heterocycles. The van der Waals surface area contributed by atoms with Crippen molar-refractivity contribution < 1.29 is 0 Å². The topological polar surface area (TPSA) is 24.1 Å². The van der Waals surface area contributed by atoms with Gasteiger partial charge in [0.15, 0.2) is 0 Å². The fourth-order valence-corrected chi connectivity index (χ4v) is 2.33. The zero-order chi connectivity index (χ0) is 10.3. The molecular weight excluding hydrogens is 172 g/mol. The van der Waals surface area contributed by atoms with Gasteiger partial charge in [-0.05, 0) is 52.7 Å². The molecule has 0 aliphatic heterocycles. The second-order valence-electron chi connectivity index (χ2n) is 4.86. The highest BCUT2D eigenvalue weighted by Gasteiger charge is 2.25. The number of rotatable bonds is 6. The third kappa shape index (κ3) is 4.43. The summed E-state index contributed by atoms with van der Waals surface area (Å²) in [6.07, 6.45) is 9.62.